The summed E-state index contributed by atoms with van der Waals surface area (Å²) in [7, 11) is 0. The molecule has 0 N–H and O–H groups in total. The summed E-state index contributed by atoms with van der Waals surface area (Å²) in [6.45, 7) is 21.5. The van der Waals surface area contributed by atoms with Crippen molar-refractivity contribution in [3.63, 3.8) is 0 Å². The quantitative estimate of drug-likeness (QED) is 0.381. The van der Waals surface area contributed by atoms with Crippen molar-refractivity contribution >= 4 is 11.9 Å². The minimum Gasteiger partial charge on any atom is -0.458 e. The fraction of sp³-hybridized carbons (Fsp3) is 0.774. The number of carbonyl (C=O) groups is 2. The monoisotopic (exact) mass is 499 g/mol. The summed E-state index contributed by atoms with van der Waals surface area (Å²) in [6.07, 6.45) is 3.87. The minimum absolute atomic E-state index is 0.123. The molecule has 0 aliphatic heterocycles. The molecule has 0 radical (unpaired) electrons. The van der Waals surface area contributed by atoms with E-state index in [9.17, 15) is 9.59 Å². The predicted octanol–water partition coefficient (Wildman–Crippen LogP) is 7.43. The molecule has 2 aliphatic carbocycles. The summed E-state index contributed by atoms with van der Waals surface area (Å²) in [5.74, 6) is 3.05. The van der Waals surface area contributed by atoms with Gasteiger partial charge in [0.05, 0.1) is 22.5 Å². The minimum atomic E-state index is -0.387. The average molecular weight is 500 g/mol. The number of nitrogens with zero attached hydrogens (tertiary/aromatic N) is 1. The fourth-order valence-electron chi connectivity index (χ4n) is 6.28. The largest absolute Gasteiger partial charge is 0.458 e. The lowest BCUT2D eigenvalue weighted by Crippen LogP contribution is -2.39. The van der Waals surface area contributed by atoms with Gasteiger partial charge in [-0.15, -0.1) is 0 Å². The lowest BCUT2D eigenvalue weighted by molar-refractivity contribution is -0.0257. The highest BCUT2D eigenvalue weighted by Crippen LogP contribution is 2.40. The summed E-state index contributed by atoms with van der Waals surface area (Å²) in [5.41, 5.74) is 1.91. The molecule has 1 aromatic rings. The lowest BCUT2D eigenvalue weighted by atomic mass is 9.70. The molecule has 0 unspecified atom stereocenters. The van der Waals surface area contributed by atoms with Gasteiger partial charge in [-0.05, 0) is 92.9 Å². The van der Waals surface area contributed by atoms with Gasteiger partial charge < -0.3 is 9.47 Å². The van der Waals surface area contributed by atoms with E-state index < -0.39 is 0 Å². The van der Waals surface area contributed by atoms with E-state index in [-0.39, 0.29) is 24.1 Å². The zero-order valence-electron chi connectivity index (χ0n) is 24.3. The van der Waals surface area contributed by atoms with Crippen LogP contribution < -0.4 is 0 Å². The molecule has 3 rings (SSSR count). The van der Waals surface area contributed by atoms with Crippen LogP contribution in [0.5, 0.6) is 0 Å². The first-order valence-electron chi connectivity index (χ1n) is 14.2. The first-order valence-corrected chi connectivity index (χ1v) is 14.2. The summed E-state index contributed by atoms with van der Waals surface area (Å²) < 4.78 is 12.2. The zero-order chi connectivity index (χ0) is 26.9. The number of esters is 2. The molecule has 36 heavy (non-hydrogen) atoms. The van der Waals surface area contributed by atoms with Crippen molar-refractivity contribution in [2.75, 3.05) is 0 Å². The number of hydrogen-bond donors (Lipinski definition) is 0. The summed E-state index contributed by atoms with van der Waals surface area (Å²) >= 11 is 0. The van der Waals surface area contributed by atoms with Crippen LogP contribution in [0.15, 0.2) is 6.07 Å². The van der Waals surface area contributed by atoms with Gasteiger partial charge in [0.2, 0.25) is 0 Å². The van der Waals surface area contributed by atoms with Crippen molar-refractivity contribution in [3.8, 4) is 0 Å². The van der Waals surface area contributed by atoms with E-state index in [1.165, 1.54) is 12.8 Å². The highest BCUT2D eigenvalue weighted by Gasteiger charge is 2.38. The fourth-order valence-corrected chi connectivity index (χ4v) is 6.28. The van der Waals surface area contributed by atoms with Gasteiger partial charge in [-0.2, -0.15) is 0 Å². The molecule has 2 fully saturated rings. The number of aryl methyl sites for hydroxylation is 2. The van der Waals surface area contributed by atoms with Crippen molar-refractivity contribution in [1.82, 2.24) is 4.98 Å². The molecule has 1 heterocycles. The molecule has 1 aromatic heterocycles. The van der Waals surface area contributed by atoms with Crippen molar-refractivity contribution < 1.29 is 19.1 Å². The highest BCUT2D eigenvalue weighted by molar-refractivity contribution is 5.96. The average Bonchev–Trinajstić information content (AvgIpc) is 2.79. The van der Waals surface area contributed by atoms with Crippen molar-refractivity contribution in [3.05, 3.63) is 28.6 Å². The molecule has 5 nitrogen and oxygen atoms in total. The Balaban J connectivity index is 1.78. The van der Waals surface area contributed by atoms with Crippen LogP contribution in [-0.4, -0.2) is 29.1 Å². The number of pyridine rings is 1. The maximum absolute atomic E-state index is 13.3. The Labute approximate surface area is 219 Å². The van der Waals surface area contributed by atoms with E-state index in [1.807, 2.05) is 0 Å². The molecule has 0 saturated heterocycles. The van der Waals surface area contributed by atoms with Gasteiger partial charge in [0.1, 0.15) is 12.2 Å². The van der Waals surface area contributed by atoms with Crippen molar-refractivity contribution in [2.24, 2.45) is 47.3 Å². The molecule has 202 valence electrons. The molecule has 0 amide bonds. The highest BCUT2D eigenvalue weighted by atomic mass is 16.5. The number of carbonyl (C=O) groups excluding carboxylic acids is 2. The van der Waals surface area contributed by atoms with Crippen LogP contribution in [0.1, 0.15) is 113 Å². The number of rotatable bonds is 6. The van der Waals surface area contributed by atoms with Crippen LogP contribution in [0.25, 0.3) is 0 Å². The second kappa shape index (κ2) is 11.6. The van der Waals surface area contributed by atoms with Gasteiger partial charge >= 0.3 is 11.9 Å². The second-order valence-electron chi connectivity index (χ2n) is 12.8. The summed E-state index contributed by atoms with van der Waals surface area (Å²) in [5, 5.41) is 0. The maximum atomic E-state index is 13.3. The standard InChI is InChI=1S/C31H49NO4/c1-16(2)24-11-18(5)20(7)28(13-24)35-30(33)26-15-27(23(10)32-22(26)9)31(34)36-29-14-25(17(3)4)12-19(6)21(29)8/h15-21,24-25,28-29H,11-14H2,1-10H3/t18-,19+,20-,21-,24+,25+,28+,29+/m0/s1. The third kappa shape index (κ3) is 6.31. The Morgan fingerprint density at radius 2 is 1.08 bits per heavy atom. The maximum Gasteiger partial charge on any atom is 0.340 e. The molecular weight excluding hydrogens is 450 g/mol. The predicted molar refractivity (Wildman–Crippen MR) is 144 cm³/mol. The van der Waals surface area contributed by atoms with Crippen LogP contribution in [0, 0.1) is 61.2 Å². The Kier molecular flexibility index (Phi) is 9.27. The van der Waals surface area contributed by atoms with Crippen molar-refractivity contribution in [2.45, 2.75) is 107 Å². The van der Waals surface area contributed by atoms with Crippen LogP contribution in [0.4, 0.5) is 0 Å². The third-order valence-corrected chi connectivity index (χ3v) is 9.63. The topological polar surface area (TPSA) is 65.5 Å². The molecule has 5 heteroatoms. The molecule has 2 aliphatic rings. The van der Waals surface area contributed by atoms with Crippen molar-refractivity contribution in [1.29, 1.82) is 0 Å². The molecular formula is C31H49NO4. The summed E-state index contributed by atoms with van der Waals surface area (Å²) in [4.78, 5) is 31.2. The van der Waals surface area contributed by atoms with Gasteiger partial charge in [0, 0.05) is 0 Å². The van der Waals surface area contributed by atoms with E-state index in [2.05, 4.69) is 60.4 Å². The van der Waals surface area contributed by atoms with Gasteiger partial charge in [0.15, 0.2) is 0 Å². The second-order valence-corrected chi connectivity index (χ2v) is 12.8. The van der Waals surface area contributed by atoms with E-state index in [0.29, 0.717) is 69.9 Å². The van der Waals surface area contributed by atoms with Gasteiger partial charge in [-0.1, -0.05) is 55.4 Å². The Bertz CT molecular complexity index is 867. The van der Waals surface area contributed by atoms with Crippen LogP contribution >= 0.6 is 0 Å². The molecule has 0 spiro atoms. The van der Waals surface area contributed by atoms with Gasteiger partial charge in [-0.25, -0.2) is 9.59 Å². The normalized spacial score (nSPS) is 33.0. The Morgan fingerprint density at radius 3 is 1.42 bits per heavy atom. The number of aromatic nitrogens is 1. The molecule has 2 saturated carbocycles. The first kappa shape index (κ1) is 28.7. The van der Waals surface area contributed by atoms with E-state index in [4.69, 9.17) is 9.47 Å². The Morgan fingerprint density at radius 1 is 0.722 bits per heavy atom. The molecule has 8 atom stereocenters. The Hall–Kier alpha value is -1.91. The number of hydrogen-bond acceptors (Lipinski definition) is 5. The van der Waals surface area contributed by atoms with E-state index >= 15 is 0 Å². The van der Waals surface area contributed by atoms with E-state index in [1.54, 1.807) is 19.9 Å². The van der Waals surface area contributed by atoms with E-state index in [0.717, 1.165) is 12.8 Å². The summed E-state index contributed by atoms with van der Waals surface area (Å²) in [6, 6.07) is 1.65. The molecule has 0 bridgehead atoms. The van der Waals surface area contributed by atoms with Gasteiger partial charge in [0.25, 0.3) is 0 Å². The first-order chi connectivity index (χ1) is 16.8. The van der Waals surface area contributed by atoms with Crippen LogP contribution in [0.2, 0.25) is 0 Å². The lowest BCUT2D eigenvalue weighted by Gasteiger charge is -2.40. The van der Waals surface area contributed by atoms with Crippen LogP contribution in [0.3, 0.4) is 0 Å². The zero-order valence-corrected chi connectivity index (χ0v) is 24.3. The third-order valence-electron chi connectivity index (χ3n) is 9.63. The smallest absolute Gasteiger partial charge is 0.340 e. The van der Waals surface area contributed by atoms with Crippen LogP contribution in [-0.2, 0) is 9.47 Å². The number of ether oxygens (including phenoxy) is 2. The SMILES string of the molecule is Cc1nc(C)c(C(=O)O[C@@H]2C[C@H](C(C)C)C[C@H](C)[C@@H]2C)cc1C(=O)O[C@@H]1C[C@H](C(C)C)C[C@@H](C)[C@@H]1C. The molecule has 0 aromatic carbocycles. The van der Waals surface area contributed by atoms with Gasteiger partial charge in [-0.3, -0.25) is 4.98 Å².